The number of hydrogen-bond acceptors (Lipinski definition) is 8. The van der Waals surface area contributed by atoms with Crippen LogP contribution in [0.2, 0.25) is 0 Å². The summed E-state index contributed by atoms with van der Waals surface area (Å²) in [5.74, 6) is -0.577. The number of non-ortho nitro benzene ring substituents is 1. The molecule has 1 saturated heterocycles. The summed E-state index contributed by atoms with van der Waals surface area (Å²) in [7, 11) is -4.34. The van der Waals surface area contributed by atoms with E-state index in [0.717, 1.165) is 59.6 Å². The number of benzene rings is 4. The fourth-order valence-electron chi connectivity index (χ4n) is 6.12. The molecular formula is C32H29F3N4O6S. The summed E-state index contributed by atoms with van der Waals surface area (Å²) in [6, 6.07) is 23.5. The van der Waals surface area contributed by atoms with E-state index in [2.05, 4.69) is 9.46 Å². The van der Waals surface area contributed by atoms with Crippen molar-refractivity contribution < 1.29 is 36.4 Å². The molecule has 2 aliphatic rings. The second kappa shape index (κ2) is 12.3. The summed E-state index contributed by atoms with van der Waals surface area (Å²) in [6.45, 7) is 0.241. The lowest BCUT2D eigenvalue weighted by Crippen LogP contribution is -2.65. The number of aliphatic hydroxyl groups excluding tert-OH is 1. The van der Waals surface area contributed by atoms with Crippen LogP contribution in [0.15, 0.2) is 102 Å². The monoisotopic (exact) mass is 654 g/mol. The Bertz CT molecular complexity index is 1790. The zero-order valence-corrected chi connectivity index (χ0v) is 25.0. The number of halogens is 3. The Balaban J connectivity index is 1.39. The average molecular weight is 655 g/mol. The Morgan fingerprint density at radius 2 is 1.41 bits per heavy atom. The molecule has 0 spiro atoms. The molecule has 0 saturated carbocycles. The third kappa shape index (κ3) is 6.50. The maximum atomic E-state index is 13.5. The molecule has 240 valence electrons. The van der Waals surface area contributed by atoms with Gasteiger partial charge in [0, 0.05) is 42.3 Å². The van der Waals surface area contributed by atoms with Gasteiger partial charge in [0.25, 0.3) is 5.69 Å². The first-order chi connectivity index (χ1) is 21.9. The maximum absolute atomic E-state index is 13.5. The topological polar surface area (TPSA) is 125 Å². The predicted molar refractivity (Wildman–Crippen MR) is 165 cm³/mol. The summed E-state index contributed by atoms with van der Waals surface area (Å²) in [5, 5.41) is 23.3. The second-order valence-corrected chi connectivity index (χ2v) is 12.8. The Labute approximate surface area is 262 Å². The lowest BCUT2D eigenvalue weighted by Gasteiger charge is -2.48. The molecule has 1 fully saturated rings. The summed E-state index contributed by atoms with van der Waals surface area (Å²) >= 11 is 0. The predicted octanol–water partition coefficient (Wildman–Crippen LogP) is 5.33. The average Bonchev–Trinajstić information content (AvgIpc) is 3.18. The van der Waals surface area contributed by atoms with Crippen molar-refractivity contribution in [2.45, 2.75) is 42.3 Å². The number of piperidine rings is 1. The molecule has 6 rings (SSSR count). The number of nitro groups is 1. The van der Waals surface area contributed by atoms with Crippen LogP contribution in [-0.4, -0.2) is 56.1 Å². The summed E-state index contributed by atoms with van der Waals surface area (Å²) in [4.78, 5) is 14.4. The minimum atomic E-state index is -4.94. The smallest absolute Gasteiger partial charge is 0.406 e. The van der Waals surface area contributed by atoms with E-state index in [1.165, 1.54) is 12.1 Å². The van der Waals surface area contributed by atoms with Crippen molar-refractivity contribution in [2.75, 3.05) is 22.9 Å². The van der Waals surface area contributed by atoms with Crippen LogP contribution in [-0.2, 0) is 22.9 Å². The van der Waals surface area contributed by atoms with E-state index in [1.54, 1.807) is 12.1 Å². The van der Waals surface area contributed by atoms with E-state index in [0.29, 0.717) is 5.69 Å². The number of nitrogens with one attached hydrogen (secondary N) is 1. The number of nitro benzene ring substituents is 1. The summed E-state index contributed by atoms with van der Waals surface area (Å²) < 4.78 is 71.5. The van der Waals surface area contributed by atoms with Crippen LogP contribution < -0.4 is 19.3 Å². The van der Waals surface area contributed by atoms with Crippen LogP contribution in [0.25, 0.3) is 0 Å². The number of aliphatic hydroxyl groups is 1. The highest BCUT2D eigenvalue weighted by Crippen LogP contribution is 2.40. The molecule has 3 atom stereocenters. The van der Waals surface area contributed by atoms with Gasteiger partial charge in [-0.3, -0.25) is 10.1 Å². The SMILES string of the molecule is O=[N+]([O-])c1ccc(N2CC(N3c4ccccc4CCc4ccccc43)[C@@H](O)[C@H](NS(=O)(=O)c3ccc(OC(F)(F)F)cc3)C2)cc1. The van der Waals surface area contributed by atoms with Gasteiger partial charge in [0.2, 0.25) is 10.0 Å². The van der Waals surface area contributed by atoms with Gasteiger partial charge in [-0.25, -0.2) is 13.1 Å². The van der Waals surface area contributed by atoms with Crippen LogP contribution in [0.1, 0.15) is 11.1 Å². The van der Waals surface area contributed by atoms with Crippen molar-refractivity contribution in [3.63, 3.8) is 0 Å². The van der Waals surface area contributed by atoms with E-state index in [-0.39, 0.29) is 23.7 Å². The van der Waals surface area contributed by atoms with Gasteiger partial charge < -0.3 is 19.6 Å². The van der Waals surface area contributed by atoms with E-state index in [4.69, 9.17) is 0 Å². The van der Waals surface area contributed by atoms with Gasteiger partial charge in [-0.2, -0.15) is 0 Å². The van der Waals surface area contributed by atoms with E-state index >= 15 is 0 Å². The van der Waals surface area contributed by atoms with Crippen molar-refractivity contribution in [3.8, 4) is 5.75 Å². The van der Waals surface area contributed by atoms with Gasteiger partial charge in [-0.1, -0.05) is 36.4 Å². The van der Waals surface area contributed by atoms with Gasteiger partial charge in [0.15, 0.2) is 0 Å². The number of nitrogens with zero attached hydrogens (tertiary/aromatic N) is 3. The van der Waals surface area contributed by atoms with Crippen LogP contribution in [0.5, 0.6) is 5.75 Å². The van der Waals surface area contributed by atoms with Crippen molar-refractivity contribution in [2.24, 2.45) is 0 Å². The van der Waals surface area contributed by atoms with E-state index < -0.39 is 45.2 Å². The highest BCUT2D eigenvalue weighted by molar-refractivity contribution is 7.89. The molecule has 4 aromatic rings. The van der Waals surface area contributed by atoms with Crippen molar-refractivity contribution in [3.05, 3.63) is 118 Å². The standard InChI is InChI=1S/C32H29F3N4O6S/c33-32(34,35)45-25-15-17-26(18-16-25)46(43,44)36-27-19-37(23-11-13-24(14-12-23)39(41)42)20-30(31(27)40)38-28-7-3-1-5-21(28)9-10-22-6-2-4-8-29(22)38/h1-8,11-18,27,30-31,36,40H,9-10,19-20H2/t27-,30?,31+/m1/s1. The van der Waals surface area contributed by atoms with Crippen LogP contribution >= 0.6 is 0 Å². The van der Waals surface area contributed by atoms with Gasteiger partial charge in [-0.05, 0) is 72.5 Å². The second-order valence-electron chi connectivity index (χ2n) is 11.1. The number of fused-ring (bicyclic) bond motifs is 2. The Hall–Kier alpha value is -4.66. The Morgan fingerprint density at radius 1 is 0.848 bits per heavy atom. The first-order valence-electron chi connectivity index (χ1n) is 14.4. The third-order valence-electron chi connectivity index (χ3n) is 8.23. The fraction of sp³-hybridized carbons (Fsp3) is 0.250. The number of anilines is 3. The lowest BCUT2D eigenvalue weighted by molar-refractivity contribution is -0.384. The molecule has 2 N–H and O–H groups in total. The molecular weight excluding hydrogens is 625 g/mol. The normalized spacial score (nSPS) is 20.0. The molecule has 0 bridgehead atoms. The first-order valence-corrected chi connectivity index (χ1v) is 15.9. The number of rotatable bonds is 7. The molecule has 0 amide bonds. The first kappa shape index (κ1) is 31.3. The number of alkyl halides is 3. The van der Waals surface area contributed by atoms with E-state index in [1.807, 2.05) is 58.3 Å². The van der Waals surface area contributed by atoms with Crippen molar-refractivity contribution in [1.29, 1.82) is 0 Å². The molecule has 1 unspecified atom stereocenters. The molecule has 0 aliphatic carbocycles. The zero-order chi connectivity index (χ0) is 32.6. The fourth-order valence-corrected chi connectivity index (χ4v) is 7.36. The van der Waals surface area contributed by atoms with Crippen molar-refractivity contribution >= 4 is 32.8 Å². The van der Waals surface area contributed by atoms with E-state index in [9.17, 15) is 36.8 Å². The number of para-hydroxylation sites is 2. The number of ether oxygens (including phenoxy) is 1. The van der Waals surface area contributed by atoms with Gasteiger partial charge in [-0.15, -0.1) is 13.2 Å². The number of sulfonamides is 1. The Kier molecular flexibility index (Phi) is 8.35. The molecule has 14 heteroatoms. The molecule has 0 radical (unpaired) electrons. The third-order valence-corrected chi connectivity index (χ3v) is 9.73. The zero-order valence-electron chi connectivity index (χ0n) is 24.2. The highest BCUT2D eigenvalue weighted by Gasteiger charge is 2.43. The van der Waals surface area contributed by atoms with Crippen LogP contribution in [0, 0.1) is 10.1 Å². The minimum absolute atomic E-state index is 0.00110. The lowest BCUT2D eigenvalue weighted by atomic mass is 9.94. The summed E-state index contributed by atoms with van der Waals surface area (Å²) in [6.07, 6.45) is -4.69. The van der Waals surface area contributed by atoms with Crippen molar-refractivity contribution in [1.82, 2.24) is 4.72 Å². The molecule has 2 aliphatic heterocycles. The number of aryl methyl sites for hydroxylation is 2. The largest absolute Gasteiger partial charge is 0.573 e. The van der Waals surface area contributed by atoms with Gasteiger partial charge in [0.1, 0.15) is 5.75 Å². The van der Waals surface area contributed by atoms with Gasteiger partial charge in [0.05, 0.1) is 28.0 Å². The highest BCUT2D eigenvalue weighted by atomic mass is 32.2. The molecule has 10 nitrogen and oxygen atoms in total. The minimum Gasteiger partial charge on any atom is -0.406 e. The molecule has 2 heterocycles. The quantitative estimate of drug-likeness (QED) is 0.203. The van der Waals surface area contributed by atoms with Crippen LogP contribution in [0.4, 0.5) is 35.9 Å². The Morgan fingerprint density at radius 3 is 1.96 bits per heavy atom. The van der Waals surface area contributed by atoms with Crippen LogP contribution in [0.3, 0.4) is 0 Å². The maximum Gasteiger partial charge on any atom is 0.573 e. The molecule has 0 aromatic heterocycles. The molecule has 46 heavy (non-hydrogen) atoms. The summed E-state index contributed by atoms with van der Waals surface area (Å²) in [5.41, 5.74) is 4.31. The number of hydrogen-bond donors (Lipinski definition) is 2. The molecule has 4 aromatic carbocycles. The van der Waals surface area contributed by atoms with Gasteiger partial charge >= 0.3 is 6.36 Å².